The number of urea groups is 1. The zero-order valence-electron chi connectivity index (χ0n) is 14.2. The molecule has 1 fully saturated rings. The van der Waals surface area contributed by atoms with Gasteiger partial charge in [-0.2, -0.15) is 13.2 Å². The standard InChI is InChI=1S/C17H10ClF5N2O3S/c18-10-2-1-3-11(19)14(10)15(26)25-8-28-7-24(16(25)27)13-5-4-9(6-12(13)20)29-17(21,22)23/h1-6H,7-8H2. The van der Waals surface area contributed by atoms with E-state index in [1.165, 1.54) is 12.1 Å². The Hall–Kier alpha value is -2.37. The van der Waals surface area contributed by atoms with Gasteiger partial charge in [-0.3, -0.25) is 9.69 Å². The fourth-order valence-electron chi connectivity index (χ4n) is 2.54. The molecule has 1 saturated heterocycles. The molecule has 29 heavy (non-hydrogen) atoms. The topological polar surface area (TPSA) is 49.9 Å². The molecule has 1 aliphatic rings. The lowest BCUT2D eigenvalue weighted by Gasteiger charge is -2.34. The molecule has 0 bridgehead atoms. The normalized spacial score (nSPS) is 15.0. The van der Waals surface area contributed by atoms with Crippen LogP contribution in [0.2, 0.25) is 5.02 Å². The first kappa shape index (κ1) is 21.3. The molecule has 1 heterocycles. The molecule has 0 atom stereocenters. The van der Waals surface area contributed by atoms with Crippen LogP contribution in [0.4, 0.5) is 32.4 Å². The second kappa shape index (κ2) is 8.17. The van der Waals surface area contributed by atoms with Crippen LogP contribution in [-0.2, 0) is 4.74 Å². The molecule has 0 saturated carbocycles. The molecule has 0 aromatic heterocycles. The highest BCUT2D eigenvalue weighted by Crippen LogP contribution is 2.38. The maximum absolute atomic E-state index is 14.3. The third-order valence-corrected chi connectivity index (χ3v) is 4.80. The van der Waals surface area contributed by atoms with Gasteiger partial charge < -0.3 is 4.74 Å². The maximum Gasteiger partial charge on any atom is 0.446 e. The van der Waals surface area contributed by atoms with Crippen LogP contribution in [0, 0.1) is 11.6 Å². The van der Waals surface area contributed by atoms with Crippen molar-refractivity contribution >= 4 is 41.0 Å². The molecule has 0 radical (unpaired) electrons. The second-order valence-electron chi connectivity index (χ2n) is 5.66. The molecule has 5 nitrogen and oxygen atoms in total. The Bertz CT molecular complexity index is 952. The molecule has 2 aromatic rings. The minimum absolute atomic E-state index is 0.236. The van der Waals surface area contributed by atoms with E-state index in [9.17, 15) is 31.5 Å². The van der Waals surface area contributed by atoms with Gasteiger partial charge in [-0.1, -0.05) is 17.7 Å². The largest absolute Gasteiger partial charge is 0.446 e. The van der Waals surface area contributed by atoms with E-state index < -0.39 is 70.5 Å². The second-order valence-corrected chi connectivity index (χ2v) is 7.21. The number of halogens is 6. The molecule has 3 rings (SSSR count). The van der Waals surface area contributed by atoms with Crippen molar-refractivity contribution in [2.75, 3.05) is 18.4 Å². The van der Waals surface area contributed by atoms with Crippen LogP contribution in [0.15, 0.2) is 41.3 Å². The summed E-state index contributed by atoms with van der Waals surface area (Å²) in [6.07, 6.45) is 0. The molecule has 2 aromatic carbocycles. The van der Waals surface area contributed by atoms with Crippen molar-refractivity contribution < 1.29 is 36.3 Å². The van der Waals surface area contributed by atoms with Crippen molar-refractivity contribution in [3.05, 3.63) is 58.6 Å². The average molecular weight is 453 g/mol. The zero-order chi connectivity index (χ0) is 21.3. The van der Waals surface area contributed by atoms with Crippen LogP contribution in [-0.4, -0.2) is 35.8 Å². The molecule has 154 valence electrons. The summed E-state index contributed by atoms with van der Waals surface area (Å²) in [6.45, 7) is -1.00. The van der Waals surface area contributed by atoms with Crippen LogP contribution >= 0.6 is 23.4 Å². The van der Waals surface area contributed by atoms with Gasteiger partial charge >= 0.3 is 11.5 Å². The van der Waals surface area contributed by atoms with Gasteiger partial charge in [0.25, 0.3) is 5.91 Å². The predicted molar refractivity (Wildman–Crippen MR) is 94.6 cm³/mol. The number of carbonyl (C=O) groups is 2. The smallest absolute Gasteiger partial charge is 0.340 e. The Morgan fingerprint density at radius 3 is 2.45 bits per heavy atom. The van der Waals surface area contributed by atoms with Gasteiger partial charge in [-0.15, -0.1) is 0 Å². The number of rotatable bonds is 3. The Morgan fingerprint density at radius 1 is 1.10 bits per heavy atom. The molecular formula is C17H10ClF5N2O3S. The van der Waals surface area contributed by atoms with Gasteiger partial charge in [-0.25, -0.2) is 18.5 Å². The predicted octanol–water partition coefficient (Wildman–Crippen LogP) is 5.24. The molecule has 12 heteroatoms. The lowest BCUT2D eigenvalue weighted by atomic mass is 10.2. The number of ether oxygens (including phenoxy) is 1. The van der Waals surface area contributed by atoms with Crippen LogP contribution < -0.4 is 4.90 Å². The van der Waals surface area contributed by atoms with Crippen LogP contribution in [0.5, 0.6) is 0 Å². The van der Waals surface area contributed by atoms with Crippen LogP contribution in [0.25, 0.3) is 0 Å². The fraction of sp³-hybridized carbons (Fsp3) is 0.176. The first-order valence-corrected chi connectivity index (χ1v) is 8.98. The number of amides is 3. The van der Waals surface area contributed by atoms with E-state index in [0.717, 1.165) is 18.2 Å². The summed E-state index contributed by atoms with van der Waals surface area (Å²) in [5, 5.41) is -0.236. The lowest BCUT2D eigenvalue weighted by Crippen LogP contribution is -2.53. The molecular weight excluding hydrogens is 443 g/mol. The van der Waals surface area contributed by atoms with Gasteiger partial charge in [0.1, 0.15) is 25.1 Å². The van der Waals surface area contributed by atoms with E-state index in [2.05, 4.69) is 0 Å². The van der Waals surface area contributed by atoms with Crippen molar-refractivity contribution in [3.8, 4) is 0 Å². The number of thioether (sulfide) groups is 1. The van der Waals surface area contributed by atoms with Gasteiger partial charge in [0, 0.05) is 4.90 Å². The zero-order valence-corrected chi connectivity index (χ0v) is 15.7. The van der Waals surface area contributed by atoms with Crippen molar-refractivity contribution in [2.45, 2.75) is 10.4 Å². The summed E-state index contributed by atoms with van der Waals surface area (Å²) in [5.41, 5.74) is -5.58. The summed E-state index contributed by atoms with van der Waals surface area (Å²) < 4.78 is 70.7. The molecule has 3 amide bonds. The van der Waals surface area contributed by atoms with E-state index in [0.29, 0.717) is 15.9 Å². The third-order valence-electron chi connectivity index (χ3n) is 3.77. The Balaban J connectivity index is 1.87. The maximum atomic E-state index is 14.3. The van der Waals surface area contributed by atoms with E-state index >= 15 is 0 Å². The number of anilines is 1. The van der Waals surface area contributed by atoms with Crippen molar-refractivity contribution in [1.29, 1.82) is 0 Å². The van der Waals surface area contributed by atoms with Crippen LogP contribution in [0.1, 0.15) is 10.4 Å². The minimum atomic E-state index is -4.61. The van der Waals surface area contributed by atoms with E-state index in [-0.39, 0.29) is 5.02 Å². The van der Waals surface area contributed by atoms with Gasteiger partial charge in [0.2, 0.25) is 0 Å². The summed E-state index contributed by atoms with van der Waals surface area (Å²) in [4.78, 5) is 26.0. The average Bonchev–Trinajstić information content (AvgIpc) is 2.61. The number of hydrogen-bond donors (Lipinski definition) is 0. The third kappa shape index (κ3) is 4.62. The summed E-state index contributed by atoms with van der Waals surface area (Å²) in [5.74, 6) is -3.20. The highest BCUT2D eigenvalue weighted by Gasteiger charge is 2.36. The van der Waals surface area contributed by atoms with Gasteiger partial charge in [-0.05, 0) is 42.1 Å². The van der Waals surface area contributed by atoms with E-state index in [1.807, 2.05) is 0 Å². The highest BCUT2D eigenvalue weighted by atomic mass is 35.5. The number of alkyl halides is 3. The fourth-order valence-corrected chi connectivity index (χ4v) is 3.35. The SMILES string of the molecule is O=C(c1c(F)cccc1Cl)N1COCN(c2ccc(SC(F)(F)F)cc2F)C1=O. The lowest BCUT2D eigenvalue weighted by molar-refractivity contribution is -0.0328. The summed E-state index contributed by atoms with van der Waals surface area (Å²) in [6, 6.07) is 4.98. The first-order valence-electron chi connectivity index (χ1n) is 7.79. The number of hydrogen-bond acceptors (Lipinski definition) is 4. The molecule has 0 unspecified atom stereocenters. The Morgan fingerprint density at radius 2 is 1.83 bits per heavy atom. The van der Waals surface area contributed by atoms with Crippen molar-refractivity contribution in [2.24, 2.45) is 0 Å². The van der Waals surface area contributed by atoms with Crippen molar-refractivity contribution in [1.82, 2.24) is 4.90 Å². The number of carbonyl (C=O) groups excluding carboxylic acids is 2. The molecule has 0 spiro atoms. The Labute approximate surface area is 170 Å². The van der Waals surface area contributed by atoms with Crippen molar-refractivity contribution in [3.63, 3.8) is 0 Å². The van der Waals surface area contributed by atoms with E-state index in [4.69, 9.17) is 16.3 Å². The van der Waals surface area contributed by atoms with Crippen LogP contribution in [0.3, 0.4) is 0 Å². The van der Waals surface area contributed by atoms with E-state index in [1.54, 1.807) is 0 Å². The summed E-state index contributed by atoms with van der Waals surface area (Å²) >= 11 is 5.31. The first-order chi connectivity index (χ1) is 13.6. The molecule has 0 N–H and O–H groups in total. The summed E-state index contributed by atoms with van der Waals surface area (Å²) in [7, 11) is 0. The number of imide groups is 1. The molecule has 1 aliphatic heterocycles. The number of nitrogens with zero attached hydrogens (tertiary/aromatic N) is 2. The highest BCUT2D eigenvalue weighted by molar-refractivity contribution is 8.00. The van der Waals surface area contributed by atoms with Gasteiger partial charge in [0.15, 0.2) is 0 Å². The molecule has 0 aliphatic carbocycles. The minimum Gasteiger partial charge on any atom is -0.340 e. The number of benzene rings is 2. The monoisotopic (exact) mass is 452 g/mol. The Kier molecular flexibility index (Phi) is 6.01. The van der Waals surface area contributed by atoms with Gasteiger partial charge in [0.05, 0.1) is 16.3 Å². The quantitative estimate of drug-likeness (QED) is 0.472.